The predicted molar refractivity (Wildman–Crippen MR) is 92.2 cm³/mol. The van der Waals surface area contributed by atoms with Gasteiger partial charge in [-0.15, -0.1) is 0 Å². The molecule has 1 saturated heterocycles. The van der Waals surface area contributed by atoms with Crippen LogP contribution in [0, 0.1) is 0 Å². The van der Waals surface area contributed by atoms with Gasteiger partial charge in [0, 0.05) is 30.5 Å². The molecule has 1 fully saturated rings. The van der Waals surface area contributed by atoms with Crippen LogP contribution in [0.5, 0.6) is 11.5 Å². The number of imidazole rings is 1. The third kappa shape index (κ3) is 3.18. The average Bonchev–Trinajstić information content (AvgIpc) is 2.98. The Bertz CT molecular complexity index is 903. The number of fused-ring (bicyclic) bond motifs is 1. The Kier molecular flexibility index (Phi) is 4.06. The van der Waals surface area contributed by atoms with E-state index >= 15 is 0 Å². The van der Waals surface area contributed by atoms with E-state index in [1.54, 1.807) is 6.33 Å². The van der Waals surface area contributed by atoms with Crippen LogP contribution >= 0.6 is 11.6 Å². The second-order valence-electron chi connectivity index (χ2n) is 5.85. The van der Waals surface area contributed by atoms with Crippen molar-refractivity contribution < 1.29 is 14.9 Å². The number of hydrogen-bond donors (Lipinski definition) is 3. The Hall–Kier alpha value is -2.58. The summed E-state index contributed by atoms with van der Waals surface area (Å²) in [6.07, 6.45) is 4.55. The molecule has 1 atom stereocenters. The zero-order valence-corrected chi connectivity index (χ0v) is 13.9. The number of phenolic OH excluding ortho intramolecular Hbond substituents is 2. The van der Waals surface area contributed by atoms with Crippen LogP contribution in [-0.2, 0) is 4.74 Å². The maximum absolute atomic E-state index is 9.62. The summed E-state index contributed by atoms with van der Waals surface area (Å²) < 4.78 is 7.65. The van der Waals surface area contributed by atoms with Gasteiger partial charge in [0.25, 0.3) is 0 Å². The number of phenols is 2. The van der Waals surface area contributed by atoms with Gasteiger partial charge >= 0.3 is 0 Å². The molecule has 1 aliphatic rings. The fourth-order valence-electron chi connectivity index (χ4n) is 2.94. The molecule has 9 heteroatoms. The van der Waals surface area contributed by atoms with E-state index in [0.717, 1.165) is 19.3 Å². The molecule has 2 aromatic heterocycles. The molecule has 25 heavy (non-hydrogen) atoms. The molecule has 0 saturated carbocycles. The number of aromatic hydroxyl groups is 2. The van der Waals surface area contributed by atoms with Crippen molar-refractivity contribution in [3.8, 4) is 11.5 Å². The molecule has 3 aromatic rings. The van der Waals surface area contributed by atoms with Crippen LogP contribution in [0.15, 0.2) is 24.5 Å². The van der Waals surface area contributed by atoms with Crippen molar-refractivity contribution in [2.75, 3.05) is 11.9 Å². The first-order chi connectivity index (χ1) is 12.1. The van der Waals surface area contributed by atoms with Crippen LogP contribution in [0.4, 0.5) is 11.5 Å². The van der Waals surface area contributed by atoms with Crippen molar-refractivity contribution >= 4 is 34.3 Å². The summed E-state index contributed by atoms with van der Waals surface area (Å²) in [6.45, 7) is 0.705. The fraction of sp³-hybridized carbons (Fsp3) is 0.312. The second-order valence-corrected chi connectivity index (χ2v) is 6.19. The molecule has 8 nitrogen and oxygen atoms in total. The average molecular weight is 362 g/mol. The van der Waals surface area contributed by atoms with Crippen molar-refractivity contribution in [1.82, 2.24) is 19.5 Å². The molecule has 0 spiro atoms. The first kappa shape index (κ1) is 15.9. The Labute approximate surface area is 148 Å². The van der Waals surface area contributed by atoms with E-state index in [-0.39, 0.29) is 23.0 Å². The lowest BCUT2D eigenvalue weighted by Crippen LogP contribution is -2.17. The lowest BCUT2D eigenvalue weighted by Gasteiger charge is -2.23. The standard InChI is InChI=1S/C16H16ClN5O3/c17-16-20-14(19-9-5-10(23)7-11(24)6-9)13-15(21-16)22(8-18-13)12-3-1-2-4-25-12/h5-8,12,23-24H,1-4H2,(H,19,20,21). The fourth-order valence-corrected chi connectivity index (χ4v) is 3.10. The highest BCUT2D eigenvalue weighted by molar-refractivity contribution is 6.28. The SMILES string of the molecule is Oc1cc(O)cc(Nc2nc(Cl)nc3c2ncn3C2CCCCO2)c1. The van der Waals surface area contributed by atoms with Crippen molar-refractivity contribution in [2.45, 2.75) is 25.5 Å². The molecule has 4 rings (SSSR count). The highest BCUT2D eigenvalue weighted by atomic mass is 35.5. The van der Waals surface area contributed by atoms with Gasteiger partial charge in [-0.2, -0.15) is 9.97 Å². The Morgan fingerprint density at radius 2 is 1.96 bits per heavy atom. The van der Waals surface area contributed by atoms with Gasteiger partial charge in [0.15, 0.2) is 17.0 Å². The summed E-state index contributed by atoms with van der Waals surface area (Å²) in [5.41, 5.74) is 1.55. The topological polar surface area (TPSA) is 105 Å². The number of hydrogen-bond acceptors (Lipinski definition) is 7. The third-order valence-electron chi connectivity index (χ3n) is 4.03. The zero-order chi connectivity index (χ0) is 17.4. The predicted octanol–water partition coefficient (Wildman–Crippen LogP) is 3.33. The summed E-state index contributed by atoms with van der Waals surface area (Å²) in [4.78, 5) is 12.8. The number of anilines is 2. The van der Waals surface area contributed by atoms with Gasteiger partial charge in [-0.25, -0.2) is 4.98 Å². The van der Waals surface area contributed by atoms with Gasteiger partial charge in [0.1, 0.15) is 17.7 Å². The molecule has 130 valence electrons. The van der Waals surface area contributed by atoms with Gasteiger partial charge in [0.05, 0.1) is 6.33 Å². The van der Waals surface area contributed by atoms with Crippen LogP contribution in [0.3, 0.4) is 0 Å². The number of ether oxygens (including phenoxy) is 1. The Balaban J connectivity index is 1.75. The quantitative estimate of drug-likeness (QED) is 0.614. The number of benzene rings is 1. The van der Waals surface area contributed by atoms with Crippen molar-refractivity contribution in [3.63, 3.8) is 0 Å². The van der Waals surface area contributed by atoms with Gasteiger partial charge in [-0.05, 0) is 30.9 Å². The molecule has 0 aliphatic carbocycles. The molecule has 1 aliphatic heterocycles. The minimum absolute atomic E-state index is 0.0666. The largest absolute Gasteiger partial charge is 0.508 e. The number of aromatic nitrogens is 4. The molecule has 0 bridgehead atoms. The minimum atomic E-state index is -0.123. The van der Waals surface area contributed by atoms with Crippen molar-refractivity contribution in [2.24, 2.45) is 0 Å². The van der Waals surface area contributed by atoms with E-state index in [1.807, 2.05) is 4.57 Å². The van der Waals surface area contributed by atoms with Crippen molar-refractivity contribution in [1.29, 1.82) is 0 Å². The van der Waals surface area contributed by atoms with Gasteiger partial charge in [0.2, 0.25) is 5.28 Å². The maximum atomic E-state index is 9.62. The molecule has 3 N–H and O–H groups in total. The van der Waals surface area contributed by atoms with Crippen LogP contribution in [0.1, 0.15) is 25.5 Å². The van der Waals surface area contributed by atoms with E-state index in [0.29, 0.717) is 29.3 Å². The molecular weight excluding hydrogens is 346 g/mol. The van der Waals surface area contributed by atoms with Crippen LogP contribution in [-0.4, -0.2) is 36.3 Å². The Morgan fingerprint density at radius 3 is 2.68 bits per heavy atom. The summed E-state index contributed by atoms with van der Waals surface area (Å²) in [6, 6.07) is 4.16. The first-order valence-electron chi connectivity index (χ1n) is 7.92. The van der Waals surface area contributed by atoms with Gasteiger partial charge in [-0.1, -0.05) is 0 Å². The van der Waals surface area contributed by atoms with Crippen LogP contribution in [0.25, 0.3) is 11.2 Å². The van der Waals surface area contributed by atoms with E-state index < -0.39 is 0 Å². The zero-order valence-electron chi connectivity index (χ0n) is 13.2. The third-order valence-corrected chi connectivity index (χ3v) is 4.19. The van der Waals surface area contributed by atoms with Gasteiger partial charge < -0.3 is 20.3 Å². The van der Waals surface area contributed by atoms with Gasteiger partial charge in [-0.3, -0.25) is 4.57 Å². The monoisotopic (exact) mass is 361 g/mol. The van der Waals surface area contributed by atoms with Crippen LogP contribution < -0.4 is 5.32 Å². The van der Waals surface area contributed by atoms with Crippen molar-refractivity contribution in [3.05, 3.63) is 29.8 Å². The van der Waals surface area contributed by atoms with Crippen LogP contribution in [0.2, 0.25) is 5.28 Å². The maximum Gasteiger partial charge on any atom is 0.226 e. The number of nitrogens with zero attached hydrogens (tertiary/aromatic N) is 4. The summed E-state index contributed by atoms with van der Waals surface area (Å²) in [5.74, 6) is 0.245. The van der Waals surface area contributed by atoms with E-state index in [2.05, 4.69) is 20.3 Å². The molecule has 3 heterocycles. The molecule has 1 unspecified atom stereocenters. The smallest absolute Gasteiger partial charge is 0.226 e. The normalized spacial score (nSPS) is 17.7. The Morgan fingerprint density at radius 1 is 1.16 bits per heavy atom. The highest BCUT2D eigenvalue weighted by Gasteiger charge is 2.21. The van der Waals surface area contributed by atoms with E-state index in [4.69, 9.17) is 16.3 Å². The number of nitrogens with one attached hydrogen (secondary N) is 1. The lowest BCUT2D eigenvalue weighted by molar-refractivity contribution is -0.0298. The molecule has 1 aromatic carbocycles. The van der Waals surface area contributed by atoms with E-state index in [9.17, 15) is 10.2 Å². The molecule has 0 amide bonds. The highest BCUT2D eigenvalue weighted by Crippen LogP contribution is 2.31. The molecule has 0 radical (unpaired) electrons. The second kappa shape index (κ2) is 6.38. The number of halogens is 1. The summed E-state index contributed by atoms with van der Waals surface area (Å²) >= 11 is 6.08. The number of rotatable bonds is 3. The summed E-state index contributed by atoms with van der Waals surface area (Å²) in [5, 5.41) is 22.3. The summed E-state index contributed by atoms with van der Waals surface area (Å²) in [7, 11) is 0. The minimum Gasteiger partial charge on any atom is -0.508 e. The molecular formula is C16H16ClN5O3. The lowest BCUT2D eigenvalue weighted by atomic mass is 10.2. The van der Waals surface area contributed by atoms with E-state index in [1.165, 1.54) is 18.2 Å². The first-order valence-corrected chi connectivity index (χ1v) is 8.30.